The molecule has 0 heterocycles. The van der Waals surface area contributed by atoms with Gasteiger partial charge in [-0.1, -0.05) is 53.7 Å². The van der Waals surface area contributed by atoms with Crippen molar-refractivity contribution in [3.63, 3.8) is 0 Å². The van der Waals surface area contributed by atoms with E-state index in [1.165, 1.54) is 16.7 Å². The first-order chi connectivity index (χ1) is 9.61. The zero-order valence-corrected chi connectivity index (χ0v) is 11.9. The van der Waals surface area contributed by atoms with Crippen LogP contribution in [-0.2, 0) is 6.54 Å². The van der Waals surface area contributed by atoms with E-state index in [2.05, 4.69) is 38.1 Å². The fraction of sp³-hybridized carbons (Fsp3) is 0.167. The van der Waals surface area contributed by atoms with Crippen LogP contribution in [0.5, 0.6) is 0 Å². The average Bonchev–Trinajstić information content (AvgIpc) is 2.48. The number of hydrogen-bond donors (Lipinski definition) is 0. The third-order valence-electron chi connectivity index (χ3n) is 3.58. The summed E-state index contributed by atoms with van der Waals surface area (Å²) in [7, 11) is 0. The summed E-state index contributed by atoms with van der Waals surface area (Å²) in [4.78, 5) is 10.2. The zero-order valence-electron chi connectivity index (χ0n) is 11.9. The molecule has 0 saturated carbocycles. The van der Waals surface area contributed by atoms with Gasteiger partial charge in [-0.05, 0) is 54.2 Å². The maximum atomic E-state index is 10.2. The standard InChI is InChI=1S/C18H18NO/c1-13-4-8-17(9-5-13)14(2)15(3)18-10-6-16(7-11-18)12-19-20/h4-11H,1,12H2,2-3H3/b15-14+. The van der Waals surface area contributed by atoms with Gasteiger partial charge in [-0.2, -0.15) is 4.91 Å². The zero-order chi connectivity index (χ0) is 14.5. The lowest BCUT2D eigenvalue weighted by Gasteiger charge is -2.09. The molecule has 2 nitrogen and oxygen atoms in total. The summed E-state index contributed by atoms with van der Waals surface area (Å²) < 4.78 is 0. The van der Waals surface area contributed by atoms with Crippen LogP contribution in [0.4, 0.5) is 0 Å². The molecule has 0 aliphatic heterocycles. The molecular weight excluding hydrogens is 246 g/mol. The fourth-order valence-corrected chi connectivity index (χ4v) is 2.12. The van der Waals surface area contributed by atoms with Crippen LogP contribution in [0, 0.1) is 11.8 Å². The molecule has 1 radical (unpaired) electrons. The second kappa shape index (κ2) is 6.29. The van der Waals surface area contributed by atoms with Crippen LogP contribution in [0.15, 0.2) is 53.7 Å². The van der Waals surface area contributed by atoms with Crippen molar-refractivity contribution in [1.82, 2.24) is 0 Å². The Bertz CT molecular complexity index is 621. The third-order valence-corrected chi connectivity index (χ3v) is 3.58. The van der Waals surface area contributed by atoms with Crippen molar-refractivity contribution in [3.8, 4) is 0 Å². The Morgan fingerprint density at radius 1 is 0.900 bits per heavy atom. The molecule has 2 heteroatoms. The summed E-state index contributed by atoms with van der Waals surface area (Å²) >= 11 is 0. The van der Waals surface area contributed by atoms with Gasteiger partial charge in [-0.15, -0.1) is 0 Å². The van der Waals surface area contributed by atoms with Crippen molar-refractivity contribution >= 4 is 11.1 Å². The third kappa shape index (κ3) is 3.21. The molecule has 0 fully saturated rings. The highest BCUT2D eigenvalue weighted by molar-refractivity contribution is 5.88. The lowest BCUT2D eigenvalue weighted by Crippen LogP contribution is -1.88. The molecule has 0 aliphatic carbocycles. The van der Waals surface area contributed by atoms with E-state index in [4.69, 9.17) is 0 Å². The van der Waals surface area contributed by atoms with Gasteiger partial charge in [0, 0.05) is 0 Å². The minimum absolute atomic E-state index is 0.229. The highest BCUT2D eigenvalue weighted by Crippen LogP contribution is 2.26. The Hall–Kier alpha value is -2.22. The quantitative estimate of drug-likeness (QED) is 0.559. The summed E-state index contributed by atoms with van der Waals surface area (Å²) in [6, 6.07) is 16.2. The monoisotopic (exact) mass is 264 g/mol. The summed E-state index contributed by atoms with van der Waals surface area (Å²) in [5.74, 6) is 0. The largest absolute Gasteiger partial charge is 0.150 e. The maximum Gasteiger partial charge on any atom is 0.106 e. The molecule has 2 aromatic carbocycles. The van der Waals surface area contributed by atoms with Crippen LogP contribution in [0.3, 0.4) is 0 Å². The van der Waals surface area contributed by atoms with Gasteiger partial charge in [0.1, 0.15) is 6.54 Å². The Kier molecular flexibility index (Phi) is 4.46. The topological polar surface area (TPSA) is 29.4 Å². The van der Waals surface area contributed by atoms with Gasteiger partial charge < -0.3 is 0 Å². The highest BCUT2D eigenvalue weighted by Gasteiger charge is 2.03. The Balaban J connectivity index is 2.32. The molecule has 2 rings (SSSR count). The molecule has 20 heavy (non-hydrogen) atoms. The predicted octanol–water partition coefficient (Wildman–Crippen LogP) is 5.09. The van der Waals surface area contributed by atoms with Gasteiger partial charge in [0.15, 0.2) is 0 Å². The predicted molar refractivity (Wildman–Crippen MR) is 85.0 cm³/mol. The SMILES string of the molecule is [CH2]c1ccc(/C(C)=C(\C)c2ccc(CN=O)cc2)cc1. The highest BCUT2D eigenvalue weighted by atomic mass is 16.3. The molecule has 0 bridgehead atoms. The second-order valence-electron chi connectivity index (χ2n) is 4.93. The van der Waals surface area contributed by atoms with E-state index in [1.807, 2.05) is 36.4 Å². The van der Waals surface area contributed by atoms with E-state index in [1.54, 1.807) is 0 Å². The number of benzene rings is 2. The molecule has 0 aliphatic rings. The van der Waals surface area contributed by atoms with Gasteiger partial charge in [-0.25, -0.2) is 0 Å². The Morgan fingerprint density at radius 2 is 1.35 bits per heavy atom. The summed E-state index contributed by atoms with van der Waals surface area (Å²) in [6.45, 7) is 8.36. The smallest absolute Gasteiger partial charge is 0.106 e. The van der Waals surface area contributed by atoms with E-state index in [0.29, 0.717) is 0 Å². The van der Waals surface area contributed by atoms with Gasteiger partial charge in [0.25, 0.3) is 0 Å². The molecular formula is C18H18NO. The molecule has 101 valence electrons. The molecule has 2 aromatic rings. The molecule has 0 spiro atoms. The molecule has 0 saturated heterocycles. The van der Waals surface area contributed by atoms with Crippen LogP contribution in [-0.4, -0.2) is 0 Å². The molecule has 0 N–H and O–H groups in total. The van der Waals surface area contributed by atoms with Crippen LogP contribution in [0.25, 0.3) is 11.1 Å². The van der Waals surface area contributed by atoms with Crippen LogP contribution in [0.1, 0.15) is 36.1 Å². The summed E-state index contributed by atoms with van der Waals surface area (Å²) in [5, 5.41) is 2.90. The normalized spacial score (nSPS) is 11.9. The summed E-state index contributed by atoms with van der Waals surface area (Å²) in [5.41, 5.74) is 6.80. The van der Waals surface area contributed by atoms with E-state index < -0.39 is 0 Å². The fourth-order valence-electron chi connectivity index (χ4n) is 2.12. The van der Waals surface area contributed by atoms with Crippen molar-refractivity contribution in [2.24, 2.45) is 5.18 Å². The van der Waals surface area contributed by atoms with E-state index in [0.717, 1.165) is 16.7 Å². The Morgan fingerprint density at radius 3 is 1.80 bits per heavy atom. The van der Waals surface area contributed by atoms with E-state index in [-0.39, 0.29) is 6.54 Å². The minimum atomic E-state index is 0.229. The van der Waals surface area contributed by atoms with Crippen LogP contribution in [0.2, 0.25) is 0 Å². The average molecular weight is 264 g/mol. The van der Waals surface area contributed by atoms with Gasteiger partial charge in [0.2, 0.25) is 0 Å². The number of allylic oxidation sites excluding steroid dienone is 2. The molecule has 0 unspecified atom stereocenters. The van der Waals surface area contributed by atoms with Crippen molar-refractivity contribution in [2.75, 3.05) is 0 Å². The molecule has 0 aromatic heterocycles. The number of hydrogen-bond acceptors (Lipinski definition) is 2. The van der Waals surface area contributed by atoms with E-state index in [9.17, 15) is 4.91 Å². The number of nitrogens with zero attached hydrogens (tertiary/aromatic N) is 1. The lowest BCUT2D eigenvalue weighted by molar-refractivity contribution is 1.05. The summed E-state index contributed by atoms with van der Waals surface area (Å²) in [6.07, 6.45) is 0. The van der Waals surface area contributed by atoms with Crippen molar-refractivity contribution < 1.29 is 0 Å². The van der Waals surface area contributed by atoms with Crippen molar-refractivity contribution in [2.45, 2.75) is 20.4 Å². The van der Waals surface area contributed by atoms with Gasteiger partial charge >= 0.3 is 0 Å². The molecule has 0 atom stereocenters. The first-order valence-electron chi connectivity index (χ1n) is 6.60. The first kappa shape index (κ1) is 14.2. The lowest BCUT2D eigenvalue weighted by atomic mass is 9.96. The second-order valence-corrected chi connectivity index (χ2v) is 4.93. The number of rotatable bonds is 4. The molecule has 0 amide bonds. The Labute approximate surface area is 120 Å². The first-order valence-corrected chi connectivity index (χ1v) is 6.60. The maximum absolute atomic E-state index is 10.2. The number of nitroso groups, excluding NO2 is 1. The van der Waals surface area contributed by atoms with Crippen molar-refractivity contribution in [1.29, 1.82) is 0 Å². The van der Waals surface area contributed by atoms with Gasteiger partial charge in [0.05, 0.1) is 0 Å². The van der Waals surface area contributed by atoms with Crippen molar-refractivity contribution in [3.05, 3.63) is 82.6 Å². The van der Waals surface area contributed by atoms with E-state index >= 15 is 0 Å². The van der Waals surface area contributed by atoms with Gasteiger partial charge in [-0.3, -0.25) is 0 Å². The van der Waals surface area contributed by atoms with Crippen LogP contribution < -0.4 is 0 Å². The minimum Gasteiger partial charge on any atom is -0.150 e. The van der Waals surface area contributed by atoms with Crippen LogP contribution >= 0.6 is 0 Å².